The number of nitrogens with one attached hydrogen (secondary N) is 1. The van der Waals surface area contributed by atoms with E-state index in [9.17, 15) is 14.0 Å². The molecule has 3 rings (SSSR count). The highest BCUT2D eigenvalue weighted by Gasteiger charge is 2.30. The molecule has 0 atom stereocenters. The maximum atomic E-state index is 14.1. The molecule has 1 aromatic carbocycles. The zero-order valence-corrected chi connectivity index (χ0v) is 12.5. The molecule has 1 aromatic rings. The number of nitrogens with zero attached hydrogens (tertiary/aromatic N) is 4. The van der Waals surface area contributed by atoms with Crippen molar-refractivity contribution in [2.45, 2.75) is 19.4 Å². The third kappa shape index (κ3) is 3.45. The Kier molecular flexibility index (Phi) is 4.20. The Bertz CT molecular complexity index is 662. The molecule has 0 saturated heterocycles. The van der Waals surface area contributed by atoms with Crippen LogP contribution in [-0.4, -0.2) is 30.4 Å². The molecule has 1 aliphatic heterocycles. The number of anilines is 1. The molecule has 1 N–H and O–H groups in total. The van der Waals surface area contributed by atoms with E-state index in [1.165, 1.54) is 24.2 Å². The minimum absolute atomic E-state index is 0.000793. The molecule has 1 fully saturated rings. The second-order valence-electron chi connectivity index (χ2n) is 5.42. The molecule has 1 heterocycles. The van der Waals surface area contributed by atoms with Gasteiger partial charge in [0.1, 0.15) is 19.0 Å². The average molecular weight is 321 g/mol. The van der Waals surface area contributed by atoms with Gasteiger partial charge in [-0.3, -0.25) is 14.4 Å². The Morgan fingerprint density at radius 2 is 2.22 bits per heavy atom. The molecular weight excluding hydrogens is 305 g/mol. The van der Waals surface area contributed by atoms with Crippen molar-refractivity contribution in [2.75, 3.05) is 18.6 Å². The molecule has 9 heteroatoms. The molecule has 2 aliphatic rings. The lowest BCUT2D eigenvalue weighted by molar-refractivity contribution is -0.136. The zero-order chi connectivity index (χ0) is 16.4. The maximum absolute atomic E-state index is 14.1. The number of hydrogen-bond donors (Lipinski definition) is 1. The summed E-state index contributed by atoms with van der Waals surface area (Å²) in [6.07, 6.45) is 1.70. The minimum atomic E-state index is -0.509. The fraction of sp³-hybridized carbons (Fsp3) is 0.429. The number of hydroxylamine groups is 1. The summed E-state index contributed by atoms with van der Waals surface area (Å²) in [4.78, 5) is 28.3. The number of likely N-dealkylation sites (N-methyl/N-ethyl adjacent to an activating group) is 1. The Balaban J connectivity index is 1.72. The number of hydrogen-bond acceptors (Lipinski definition) is 6. The van der Waals surface area contributed by atoms with E-state index in [0.29, 0.717) is 5.69 Å². The summed E-state index contributed by atoms with van der Waals surface area (Å²) in [6, 6.07) is 4.40. The largest absolute Gasteiger partial charge is 0.273 e. The molecule has 122 valence electrons. The fourth-order valence-corrected chi connectivity index (χ4v) is 2.09. The van der Waals surface area contributed by atoms with Crippen LogP contribution < -0.4 is 10.5 Å². The third-order valence-corrected chi connectivity index (χ3v) is 3.64. The van der Waals surface area contributed by atoms with Crippen molar-refractivity contribution in [3.05, 3.63) is 29.6 Å². The highest BCUT2D eigenvalue weighted by atomic mass is 19.1. The lowest BCUT2D eigenvalue weighted by Gasteiger charge is -2.25. The van der Waals surface area contributed by atoms with Crippen molar-refractivity contribution >= 4 is 17.5 Å². The van der Waals surface area contributed by atoms with E-state index in [1.54, 1.807) is 6.07 Å². The highest BCUT2D eigenvalue weighted by molar-refractivity contribution is 5.81. The third-order valence-electron chi connectivity index (χ3n) is 3.64. The lowest BCUT2D eigenvalue weighted by Crippen LogP contribution is -2.38. The second-order valence-corrected chi connectivity index (χ2v) is 5.42. The molecule has 0 aromatic heterocycles. The highest BCUT2D eigenvalue weighted by Crippen LogP contribution is 2.29. The van der Waals surface area contributed by atoms with Crippen molar-refractivity contribution in [2.24, 2.45) is 16.4 Å². The molecule has 1 aliphatic carbocycles. The number of carbonyl (C=O) groups is 2. The van der Waals surface area contributed by atoms with Crippen LogP contribution in [0.3, 0.4) is 0 Å². The van der Waals surface area contributed by atoms with Gasteiger partial charge < -0.3 is 0 Å². The van der Waals surface area contributed by atoms with Crippen molar-refractivity contribution in [3.8, 4) is 0 Å². The average Bonchev–Trinajstić information content (AvgIpc) is 3.36. The van der Waals surface area contributed by atoms with Gasteiger partial charge in [-0.15, -0.1) is 0 Å². The van der Waals surface area contributed by atoms with Gasteiger partial charge >= 0.3 is 0 Å². The van der Waals surface area contributed by atoms with Crippen LogP contribution >= 0.6 is 0 Å². The Morgan fingerprint density at radius 1 is 1.43 bits per heavy atom. The van der Waals surface area contributed by atoms with Crippen LogP contribution in [0.15, 0.2) is 28.6 Å². The van der Waals surface area contributed by atoms with Gasteiger partial charge in [0.15, 0.2) is 0 Å². The first-order chi connectivity index (χ1) is 11.1. The van der Waals surface area contributed by atoms with E-state index in [0.717, 1.165) is 17.9 Å². The number of benzene rings is 1. The fourth-order valence-electron chi connectivity index (χ4n) is 2.09. The van der Waals surface area contributed by atoms with Gasteiger partial charge in [0, 0.05) is 18.5 Å². The van der Waals surface area contributed by atoms with Crippen LogP contribution in [0.4, 0.5) is 10.1 Å². The number of halogens is 1. The van der Waals surface area contributed by atoms with Gasteiger partial charge in [0.05, 0.1) is 5.69 Å². The summed E-state index contributed by atoms with van der Waals surface area (Å²) >= 11 is 0. The van der Waals surface area contributed by atoms with Gasteiger partial charge in [-0.1, -0.05) is 6.07 Å². The molecule has 0 spiro atoms. The van der Waals surface area contributed by atoms with Crippen molar-refractivity contribution in [3.63, 3.8) is 0 Å². The van der Waals surface area contributed by atoms with E-state index in [4.69, 9.17) is 4.84 Å². The van der Waals surface area contributed by atoms with Gasteiger partial charge in [0.2, 0.25) is 5.91 Å². The van der Waals surface area contributed by atoms with Crippen molar-refractivity contribution in [1.29, 1.82) is 0 Å². The van der Waals surface area contributed by atoms with E-state index in [2.05, 4.69) is 15.9 Å². The molecule has 1 saturated carbocycles. The lowest BCUT2D eigenvalue weighted by atomic mass is 10.1. The molecule has 8 nitrogen and oxygen atoms in total. The zero-order valence-electron chi connectivity index (χ0n) is 12.5. The van der Waals surface area contributed by atoms with Crippen LogP contribution in [0.5, 0.6) is 0 Å². The molecule has 23 heavy (non-hydrogen) atoms. The van der Waals surface area contributed by atoms with Gasteiger partial charge in [-0.25, -0.2) is 19.9 Å². The van der Waals surface area contributed by atoms with Gasteiger partial charge in [-0.2, -0.15) is 0 Å². The summed E-state index contributed by atoms with van der Waals surface area (Å²) in [5, 5.41) is 9.96. The smallest absolute Gasteiger partial charge is 0.265 e. The predicted molar refractivity (Wildman–Crippen MR) is 77.0 cm³/mol. The van der Waals surface area contributed by atoms with Crippen LogP contribution in [0.1, 0.15) is 18.4 Å². The molecule has 0 radical (unpaired) electrons. The first-order valence-electron chi connectivity index (χ1n) is 7.21. The maximum Gasteiger partial charge on any atom is 0.265 e. The number of rotatable bonds is 5. The number of amides is 2. The van der Waals surface area contributed by atoms with Gasteiger partial charge in [0.25, 0.3) is 5.91 Å². The van der Waals surface area contributed by atoms with Crippen LogP contribution in [0.2, 0.25) is 0 Å². The first-order valence-corrected chi connectivity index (χ1v) is 7.21. The van der Waals surface area contributed by atoms with Crippen molar-refractivity contribution < 1.29 is 18.8 Å². The van der Waals surface area contributed by atoms with Crippen LogP contribution in [0.25, 0.3) is 0 Å². The summed E-state index contributed by atoms with van der Waals surface area (Å²) in [5.41, 5.74) is 2.88. The van der Waals surface area contributed by atoms with E-state index >= 15 is 0 Å². The number of carbonyl (C=O) groups excluding carboxylic acids is 2. The van der Waals surface area contributed by atoms with E-state index < -0.39 is 5.82 Å². The molecule has 2 amide bonds. The normalized spacial score (nSPS) is 17.6. The predicted octanol–water partition coefficient (Wildman–Crippen LogP) is 1.34. The monoisotopic (exact) mass is 321 g/mol. The molecule has 0 bridgehead atoms. The van der Waals surface area contributed by atoms with Crippen molar-refractivity contribution in [1.82, 2.24) is 10.5 Å². The molecule has 0 unspecified atom stereocenters. The van der Waals surface area contributed by atoms with Gasteiger partial charge in [-0.05, 0) is 35.4 Å². The van der Waals surface area contributed by atoms with Crippen LogP contribution in [-0.2, 0) is 21.0 Å². The van der Waals surface area contributed by atoms with E-state index in [-0.39, 0.29) is 36.4 Å². The quantitative estimate of drug-likeness (QED) is 0.829. The Labute approximate surface area is 131 Å². The topological polar surface area (TPSA) is 86.6 Å². The summed E-state index contributed by atoms with van der Waals surface area (Å²) < 4.78 is 14.1. The summed E-state index contributed by atoms with van der Waals surface area (Å²) in [7, 11) is 1.49. The first kappa shape index (κ1) is 15.3. The standard InChI is InChI=1S/C14H16FN5O3/c1-19-13(21)7-20(18-17-19)12-4-2-3-11(15)10(12)8-23-16-14(22)9-5-6-9/h2-4,9H,5-8H2,1H3,(H,16,22). The van der Waals surface area contributed by atoms with E-state index in [1.807, 2.05) is 0 Å². The Morgan fingerprint density at radius 3 is 2.91 bits per heavy atom. The Hall–Kier alpha value is -2.55. The minimum Gasteiger partial charge on any atom is -0.273 e. The second kappa shape index (κ2) is 6.29. The summed E-state index contributed by atoms with van der Waals surface area (Å²) in [6.45, 7) is -0.221. The summed E-state index contributed by atoms with van der Waals surface area (Å²) in [5.74, 6) is -0.973. The SMILES string of the molecule is CN1N=NN(c2cccc(F)c2CONC(=O)C2CC2)CC1=O. The molecular formula is C14H16FN5O3. The van der Waals surface area contributed by atoms with Crippen LogP contribution in [0, 0.1) is 11.7 Å².